The second-order valence-electron chi connectivity index (χ2n) is 6.77. The lowest BCUT2D eigenvalue weighted by Crippen LogP contribution is -2.30. The minimum atomic E-state index is -0.302. The molecule has 0 aliphatic carbocycles. The number of fused-ring (bicyclic) bond motifs is 2. The Kier molecular flexibility index (Phi) is 4.52. The van der Waals surface area contributed by atoms with Crippen LogP contribution >= 0.6 is 11.3 Å². The molecule has 0 atom stereocenters. The summed E-state index contributed by atoms with van der Waals surface area (Å²) in [5, 5.41) is 21.6. The van der Waals surface area contributed by atoms with Crippen LogP contribution in [0.3, 0.4) is 0 Å². The number of thiophene rings is 1. The van der Waals surface area contributed by atoms with Crippen LogP contribution in [0.5, 0.6) is 0 Å². The molecule has 0 spiro atoms. The van der Waals surface area contributed by atoms with Gasteiger partial charge in [0.25, 0.3) is 0 Å². The smallest absolute Gasteiger partial charge is 0.319 e. The molecule has 0 saturated carbocycles. The van der Waals surface area contributed by atoms with E-state index in [0.29, 0.717) is 24.5 Å². The number of carbonyl (C=O) groups excluding carboxylic acids is 1. The second-order valence-corrected chi connectivity index (χ2v) is 7.86. The van der Waals surface area contributed by atoms with Crippen LogP contribution in [-0.2, 0) is 6.42 Å². The van der Waals surface area contributed by atoms with Crippen molar-refractivity contribution in [2.24, 2.45) is 0 Å². The van der Waals surface area contributed by atoms with E-state index in [1.165, 1.54) is 10.1 Å². The third-order valence-electron chi connectivity index (χ3n) is 4.68. The van der Waals surface area contributed by atoms with Gasteiger partial charge in [0.15, 0.2) is 5.82 Å². The standard InChI is InChI=1S/C20H18N8OS/c21-19-25-17(26-28-19)5-6-22-20(29)24-13-7-12-10-23-27-18(12)14(9-13)16-8-11-3-1-2-4-15(11)30-16/h1-4,7-10H,5-6H2,(H,23,27)(H2,22,24,29)(H3,21,25,26,28). The predicted molar refractivity (Wildman–Crippen MR) is 118 cm³/mol. The van der Waals surface area contributed by atoms with Gasteiger partial charge in [-0.1, -0.05) is 18.2 Å². The quantitative estimate of drug-likeness (QED) is 0.297. The van der Waals surface area contributed by atoms with E-state index in [2.05, 4.69) is 54.2 Å². The lowest BCUT2D eigenvalue weighted by atomic mass is 10.1. The molecular weight excluding hydrogens is 400 g/mol. The number of hydrogen-bond donors (Lipinski definition) is 5. The highest BCUT2D eigenvalue weighted by Gasteiger charge is 2.13. The summed E-state index contributed by atoms with van der Waals surface area (Å²) in [6.07, 6.45) is 2.23. The van der Waals surface area contributed by atoms with Crippen LogP contribution < -0.4 is 16.4 Å². The number of hydrogen-bond acceptors (Lipinski definition) is 6. The van der Waals surface area contributed by atoms with Crippen LogP contribution in [0.4, 0.5) is 16.4 Å². The van der Waals surface area contributed by atoms with Crippen molar-refractivity contribution in [3.8, 4) is 10.4 Å². The van der Waals surface area contributed by atoms with Crippen molar-refractivity contribution < 1.29 is 4.79 Å². The largest absolute Gasteiger partial charge is 0.368 e. The van der Waals surface area contributed by atoms with Gasteiger partial charge in [-0.15, -0.1) is 11.3 Å². The van der Waals surface area contributed by atoms with Crippen molar-refractivity contribution in [3.05, 3.63) is 54.5 Å². The maximum atomic E-state index is 12.4. The minimum Gasteiger partial charge on any atom is -0.368 e. The van der Waals surface area contributed by atoms with Gasteiger partial charge in [0.05, 0.1) is 11.7 Å². The zero-order valence-electron chi connectivity index (χ0n) is 15.8. The Labute approximate surface area is 174 Å². The Hall–Kier alpha value is -3.92. The summed E-state index contributed by atoms with van der Waals surface area (Å²) < 4.78 is 1.21. The zero-order valence-corrected chi connectivity index (χ0v) is 16.6. The van der Waals surface area contributed by atoms with Crippen LogP contribution in [0.15, 0.2) is 48.7 Å². The molecule has 0 radical (unpaired) electrons. The van der Waals surface area contributed by atoms with Gasteiger partial charge in [0, 0.05) is 39.2 Å². The monoisotopic (exact) mass is 418 g/mol. The highest BCUT2D eigenvalue weighted by atomic mass is 32.1. The van der Waals surface area contributed by atoms with Crippen LogP contribution in [-0.4, -0.2) is 38.0 Å². The van der Waals surface area contributed by atoms with Gasteiger partial charge in [0.2, 0.25) is 5.95 Å². The molecule has 30 heavy (non-hydrogen) atoms. The number of urea groups is 1. The Morgan fingerprint density at radius 1 is 1.13 bits per heavy atom. The molecule has 150 valence electrons. The van der Waals surface area contributed by atoms with Crippen LogP contribution in [0.2, 0.25) is 0 Å². The fourth-order valence-electron chi connectivity index (χ4n) is 3.32. The number of carbonyl (C=O) groups is 1. The number of H-pyrrole nitrogens is 2. The molecule has 10 heteroatoms. The predicted octanol–water partition coefficient (Wildman–Crippen LogP) is 3.51. The third-order valence-corrected chi connectivity index (χ3v) is 5.83. The molecule has 0 aliphatic rings. The highest BCUT2D eigenvalue weighted by Crippen LogP contribution is 2.38. The van der Waals surface area contributed by atoms with Gasteiger partial charge in [-0.2, -0.15) is 15.2 Å². The van der Waals surface area contributed by atoms with E-state index >= 15 is 0 Å². The summed E-state index contributed by atoms with van der Waals surface area (Å²) in [4.78, 5) is 17.5. The first kappa shape index (κ1) is 18.1. The normalized spacial score (nSPS) is 11.2. The number of nitrogens with zero attached hydrogens (tertiary/aromatic N) is 3. The van der Waals surface area contributed by atoms with E-state index in [-0.39, 0.29) is 12.0 Å². The van der Waals surface area contributed by atoms with E-state index < -0.39 is 0 Å². The fraction of sp³-hybridized carbons (Fsp3) is 0.100. The van der Waals surface area contributed by atoms with Crippen LogP contribution in [0, 0.1) is 0 Å². The van der Waals surface area contributed by atoms with E-state index in [1.54, 1.807) is 17.5 Å². The first-order valence-electron chi connectivity index (χ1n) is 9.33. The minimum absolute atomic E-state index is 0.261. The maximum Gasteiger partial charge on any atom is 0.319 e. The van der Waals surface area contributed by atoms with E-state index in [4.69, 9.17) is 5.73 Å². The number of nitrogens with one attached hydrogen (secondary N) is 4. The molecule has 0 bridgehead atoms. The topological polar surface area (TPSA) is 137 Å². The summed E-state index contributed by atoms with van der Waals surface area (Å²) in [7, 11) is 0. The molecule has 9 nitrogen and oxygen atoms in total. The summed E-state index contributed by atoms with van der Waals surface area (Å²) in [5.41, 5.74) is 8.13. The number of amides is 2. The van der Waals surface area contributed by atoms with Crippen molar-refractivity contribution in [2.75, 3.05) is 17.6 Å². The van der Waals surface area contributed by atoms with Crippen LogP contribution in [0.1, 0.15) is 5.82 Å². The van der Waals surface area contributed by atoms with Crippen molar-refractivity contribution >= 4 is 50.0 Å². The Balaban J connectivity index is 1.36. The first-order chi connectivity index (χ1) is 14.7. The number of nitrogens with two attached hydrogens (primary N) is 1. The maximum absolute atomic E-state index is 12.4. The van der Waals surface area contributed by atoms with E-state index in [9.17, 15) is 4.79 Å². The van der Waals surface area contributed by atoms with Gasteiger partial charge in [-0.25, -0.2) is 9.89 Å². The molecule has 2 amide bonds. The summed E-state index contributed by atoms with van der Waals surface area (Å²) in [6, 6.07) is 14.0. The third kappa shape index (κ3) is 3.55. The number of nitrogen functional groups attached to an aromatic ring is 1. The van der Waals surface area contributed by atoms with Gasteiger partial charge >= 0.3 is 6.03 Å². The number of rotatable bonds is 5. The Morgan fingerprint density at radius 2 is 2.03 bits per heavy atom. The number of aromatic nitrogens is 5. The molecule has 3 heterocycles. The number of anilines is 2. The lowest BCUT2D eigenvalue weighted by molar-refractivity contribution is 0.252. The van der Waals surface area contributed by atoms with Crippen molar-refractivity contribution in [1.82, 2.24) is 30.7 Å². The van der Waals surface area contributed by atoms with Crippen LogP contribution in [0.25, 0.3) is 31.4 Å². The molecule has 5 aromatic rings. The Bertz CT molecular complexity index is 1320. The molecule has 5 rings (SSSR count). The van der Waals surface area contributed by atoms with E-state index in [0.717, 1.165) is 21.3 Å². The first-order valence-corrected chi connectivity index (χ1v) is 10.1. The van der Waals surface area contributed by atoms with Crippen molar-refractivity contribution in [1.29, 1.82) is 0 Å². The van der Waals surface area contributed by atoms with Crippen molar-refractivity contribution in [2.45, 2.75) is 6.42 Å². The molecule has 6 N–H and O–H groups in total. The van der Waals surface area contributed by atoms with Gasteiger partial charge in [-0.05, 0) is 29.7 Å². The highest BCUT2D eigenvalue weighted by molar-refractivity contribution is 7.22. The summed E-state index contributed by atoms with van der Waals surface area (Å²) in [5.74, 6) is 0.816. The van der Waals surface area contributed by atoms with Gasteiger partial charge in [-0.3, -0.25) is 5.10 Å². The molecule has 3 aromatic heterocycles. The SMILES string of the molecule is Nc1nc(CCNC(=O)Nc2cc(-c3cc4ccccc4s3)c3[nH]ncc3c2)n[nH]1. The Morgan fingerprint density at radius 3 is 2.87 bits per heavy atom. The zero-order chi connectivity index (χ0) is 20.5. The average Bonchev–Trinajstić information content (AvgIpc) is 3.46. The number of aromatic amines is 2. The second kappa shape index (κ2) is 7.48. The molecule has 0 aliphatic heterocycles. The lowest BCUT2D eigenvalue weighted by Gasteiger charge is -2.09. The fourth-order valence-corrected chi connectivity index (χ4v) is 4.41. The average molecular weight is 418 g/mol. The molecule has 2 aromatic carbocycles. The molecule has 0 saturated heterocycles. The van der Waals surface area contributed by atoms with Crippen molar-refractivity contribution in [3.63, 3.8) is 0 Å². The summed E-state index contributed by atoms with van der Waals surface area (Å²) in [6.45, 7) is 0.389. The molecule has 0 fully saturated rings. The number of benzene rings is 2. The van der Waals surface area contributed by atoms with E-state index in [1.807, 2.05) is 24.3 Å². The molecule has 0 unspecified atom stereocenters. The molecular formula is C20H18N8OS. The van der Waals surface area contributed by atoms with Gasteiger partial charge < -0.3 is 16.4 Å². The summed E-state index contributed by atoms with van der Waals surface area (Å²) >= 11 is 1.71. The van der Waals surface area contributed by atoms with Gasteiger partial charge in [0.1, 0.15) is 0 Å².